The zero-order valence-electron chi connectivity index (χ0n) is 26.5. The first kappa shape index (κ1) is 37.7. The molecule has 0 radical (unpaired) electrons. The zero-order valence-corrected chi connectivity index (χ0v) is 26.5. The van der Waals surface area contributed by atoms with Crippen LogP contribution < -0.4 is 38.1 Å². The summed E-state index contributed by atoms with van der Waals surface area (Å²) in [7, 11) is 0. The number of rotatable bonds is 19. The Kier molecular flexibility index (Phi) is 15.4. The van der Waals surface area contributed by atoms with Crippen LogP contribution in [0.4, 0.5) is 4.79 Å². The molecular weight excluding hydrogens is 608 g/mol. The molecular formula is C32H44N8O7. The number of carbonyl (C=O) groups excluding carboxylic acids is 5. The molecule has 0 aliphatic rings. The second kappa shape index (κ2) is 19.1. The third-order valence-electron chi connectivity index (χ3n) is 7.01. The number of ketones is 1. The maximum absolute atomic E-state index is 13.6. The lowest BCUT2D eigenvalue weighted by Crippen LogP contribution is -2.58. The van der Waals surface area contributed by atoms with Gasteiger partial charge in [0.25, 0.3) is 5.91 Å². The fraction of sp³-hybridized carbons (Fsp3) is 0.406. The second-order valence-electron chi connectivity index (χ2n) is 11.4. The van der Waals surface area contributed by atoms with Gasteiger partial charge in [-0.3, -0.25) is 29.4 Å². The van der Waals surface area contributed by atoms with E-state index in [0.717, 1.165) is 0 Å². The summed E-state index contributed by atoms with van der Waals surface area (Å²) in [5.41, 5.74) is 12.0. The van der Waals surface area contributed by atoms with E-state index in [1.807, 2.05) is 13.8 Å². The summed E-state index contributed by atoms with van der Waals surface area (Å²) in [5, 5.41) is 28.9. The van der Waals surface area contributed by atoms with Gasteiger partial charge in [-0.1, -0.05) is 74.5 Å². The Morgan fingerprint density at radius 2 is 1.23 bits per heavy atom. The number of hydrogen-bond donors (Lipinski definition) is 9. The van der Waals surface area contributed by atoms with Gasteiger partial charge in [-0.25, -0.2) is 4.79 Å². The SMILES string of the molecule is CC(C)C[C@H](NC(=O)[C@H](Cc1ccccc1)NC(=O)O)C(=O)NC(Cc1ccccc1)C(=O)C(=O)N[C@@H](CCCNC(=N)N)C(N)=O. The van der Waals surface area contributed by atoms with Gasteiger partial charge in [0.05, 0.1) is 0 Å². The predicted molar refractivity (Wildman–Crippen MR) is 174 cm³/mol. The normalized spacial score (nSPS) is 13.3. The minimum atomic E-state index is -1.42. The number of hydrogen-bond acceptors (Lipinski definition) is 7. The number of amides is 5. The highest BCUT2D eigenvalue weighted by Crippen LogP contribution is 2.11. The van der Waals surface area contributed by atoms with Crippen LogP contribution in [0.3, 0.4) is 0 Å². The van der Waals surface area contributed by atoms with Crippen LogP contribution in [0.25, 0.3) is 0 Å². The second-order valence-corrected chi connectivity index (χ2v) is 11.4. The van der Waals surface area contributed by atoms with Crippen LogP contribution >= 0.6 is 0 Å². The number of Topliss-reactive ketones (excluding diaryl/α,β-unsaturated/α-hetero) is 1. The maximum atomic E-state index is 13.6. The molecule has 254 valence electrons. The van der Waals surface area contributed by atoms with E-state index in [2.05, 4.69) is 26.6 Å². The number of nitrogens with two attached hydrogens (primary N) is 2. The van der Waals surface area contributed by atoms with Gasteiger partial charge in [-0.15, -0.1) is 0 Å². The molecule has 0 aromatic heterocycles. The van der Waals surface area contributed by atoms with Crippen molar-refractivity contribution in [3.63, 3.8) is 0 Å². The van der Waals surface area contributed by atoms with Gasteiger partial charge in [0.15, 0.2) is 5.96 Å². The molecule has 47 heavy (non-hydrogen) atoms. The molecule has 2 aromatic carbocycles. The molecule has 0 spiro atoms. The molecule has 15 heteroatoms. The van der Waals surface area contributed by atoms with Gasteiger partial charge in [0.2, 0.25) is 23.5 Å². The molecule has 11 N–H and O–H groups in total. The summed E-state index contributed by atoms with van der Waals surface area (Å²) in [5.74, 6) is -4.94. The van der Waals surface area contributed by atoms with Crippen molar-refractivity contribution in [3.8, 4) is 0 Å². The van der Waals surface area contributed by atoms with Gasteiger partial charge >= 0.3 is 6.09 Å². The monoisotopic (exact) mass is 652 g/mol. The molecule has 0 fully saturated rings. The lowest BCUT2D eigenvalue weighted by Gasteiger charge is -2.26. The third-order valence-corrected chi connectivity index (χ3v) is 7.01. The third kappa shape index (κ3) is 14.0. The van der Waals surface area contributed by atoms with Gasteiger partial charge in [0.1, 0.15) is 24.2 Å². The molecule has 15 nitrogen and oxygen atoms in total. The molecule has 2 rings (SSSR count). The van der Waals surface area contributed by atoms with Crippen molar-refractivity contribution < 1.29 is 33.9 Å². The lowest BCUT2D eigenvalue weighted by molar-refractivity contribution is -0.141. The van der Waals surface area contributed by atoms with Crippen molar-refractivity contribution in [2.45, 2.75) is 70.1 Å². The maximum Gasteiger partial charge on any atom is 0.405 e. The van der Waals surface area contributed by atoms with Crippen LogP contribution in [0.1, 0.15) is 44.2 Å². The number of nitrogens with one attached hydrogen (secondary N) is 6. The summed E-state index contributed by atoms with van der Waals surface area (Å²) in [4.78, 5) is 77.0. The highest BCUT2D eigenvalue weighted by molar-refractivity contribution is 6.38. The van der Waals surface area contributed by atoms with E-state index in [1.165, 1.54) is 0 Å². The Balaban J connectivity index is 2.26. The van der Waals surface area contributed by atoms with Gasteiger partial charge in [-0.05, 0) is 36.3 Å². The summed E-state index contributed by atoms with van der Waals surface area (Å²) < 4.78 is 0. The van der Waals surface area contributed by atoms with Crippen molar-refractivity contribution in [1.82, 2.24) is 26.6 Å². The molecule has 2 aromatic rings. The highest BCUT2D eigenvalue weighted by Gasteiger charge is 2.33. The van der Waals surface area contributed by atoms with E-state index in [4.69, 9.17) is 16.9 Å². The van der Waals surface area contributed by atoms with Crippen LogP contribution in [0.15, 0.2) is 60.7 Å². The van der Waals surface area contributed by atoms with Crippen LogP contribution in [-0.2, 0) is 36.8 Å². The van der Waals surface area contributed by atoms with Crippen molar-refractivity contribution in [1.29, 1.82) is 5.41 Å². The van der Waals surface area contributed by atoms with E-state index >= 15 is 0 Å². The van der Waals surface area contributed by atoms with Crippen molar-refractivity contribution >= 4 is 41.5 Å². The number of primary amides is 1. The molecule has 0 aliphatic heterocycles. The number of carbonyl (C=O) groups is 6. The minimum Gasteiger partial charge on any atom is -0.465 e. The molecule has 5 amide bonds. The van der Waals surface area contributed by atoms with Crippen LogP contribution in [0, 0.1) is 11.3 Å². The van der Waals surface area contributed by atoms with Crippen molar-refractivity contribution in [2.24, 2.45) is 17.4 Å². The minimum absolute atomic E-state index is 0.0239. The number of guanidine groups is 1. The number of carboxylic acid groups (broad SMARTS) is 1. The summed E-state index contributed by atoms with van der Waals surface area (Å²) >= 11 is 0. The molecule has 0 heterocycles. The quantitative estimate of drug-likeness (QED) is 0.0425. The van der Waals surface area contributed by atoms with Crippen LogP contribution in [-0.4, -0.2) is 77.3 Å². The Labute approximate surface area is 273 Å². The Hall–Kier alpha value is -5.47. The van der Waals surface area contributed by atoms with Crippen molar-refractivity contribution in [2.75, 3.05) is 6.54 Å². The first-order valence-corrected chi connectivity index (χ1v) is 15.2. The lowest BCUT2D eigenvalue weighted by atomic mass is 9.98. The predicted octanol–water partition coefficient (Wildman–Crippen LogP) is -0.0738. The summed E-state index contributed by atoms with van der Waals surface area (Å²) in [6, 6.07) is 12.4. The van der Waals surface area contributed by atoms with Crippen LogP contribution in [0.2, 0.25) is 0 Å². The average molecular weight is 653 g/mol. The first-order valence-electron chi connectivity index (χ1n) is 15.2. The topological polar surface area (TPSA) is 259 Å². The van der Waals surface area contributed by atoms with Gasteiger partial charge in [-0.2, -0.15) is 0 Å². The fourth-order valence-corrected chi connectivity index (χ4v) is 4.72. The van der Waals surface area contributed by atoms with Crippen molar-refractivity contribution in [3.05, 3.63) is 71.8 Å². The standard InChI is InChI=1S/C32H44N8O7/c1-19(2)16-24(39-29(44)25(40-32(46)47)18-21-12-7-4-8-13-21)28(43)38-23(17-20-10-5-3-6-11-20)26(41)30(45)37-22(27(33)42)14-9-15-36-31(34)35/h3-8,10-13,19,22-25,40H,9,14-18H2,1-2H3,(H2,33,42)(H,37,45)(H,38,43)(H,39,44)(H,46,47)(H4,34,35,36)/t22-,23?,24-,25-/m0/s1. The molecule has 1 unspecified atom stereocenters. The summed E-state index contributed by atoms with van der Waals surface area (Å²) in [6.45, 7) is 3.87. The van der Waals surface area contributed by atoms with Gasteiger partial charge in [0, 0.05) is 19.4 Å². The number of benzene rings is 2. The Morgan fingerprint density at radius 3 is 1.72 bits per heavy atom. The Bertz CT molecular complexity index is 1390. The molecule has 0 saturated carbocycles. The summed E-state index contributed by atoms with van der Waals surface area (Å²) in [6.07, 6.45) is -0.988. The highest BCUT2D eigenvalue weighted by atomic mass is 16.4. The molecule has 4 atom stereocenters. The van der Waals surface area contributed by atoms with E-state index in [1.54, 1.807) is 60.7 Å². The van der Waals surface area contributed by atoms with E-state index in [0.29, 0.717) is 17.5 Å². The smallest absolute Gasteiger partial charge is 0.405 e. The molecule has 0 saturated heterocycles. The average Bonchev–Trinajstić information content (AvgIpc) is 3.01. The van der Waals surface area contributed by atoms with E-state index < -0.39 is 59.7 Å². The van der Waals surface area contributed by atoms with Crippen LogP contribution in [0.5, 0.6) is 0 Å². The Morgan fingerprint density at radius 1 is 0.723 bits per heavy atom. The van der Waals surface area contributed by atoms with Gasteiger partial charge < -0.3 is 43.2 Å². The van der Waals surface area contributed by atoms with E-state index in [-0.39, 0.29) is 44.1 Å². The fourth-order valence-electron chi connectivity index (χ4n) is 4.72. The molecule has 0 aliphatic carbocycles. The largest absolute Gasteiger partial charge is 0.465 e. The molecule has 0 bridgehead atoms. The first-order chi connectivity index (χ1) is 22.3. The van der Waals surface area contributed by atoms with E-state index in [9.17, 15) is 33.9 Å². The zero-order chi connectivity index (χ0) is 34.9.